The SMILES string of the molecule is C=C1C(Sc2cccc(C=O)c2Cl)=C(N)N=C(N2CCC(C)(N)CC2)N1C. The molecule has 8 heteroatoms. The van der Waals surface area contributed by atoms with Crippen molar-refractivity contribution in [1.82, 2.24) is 9.80 Å². The number of hydrogen-bond acceptors (Lipinski definition) is 7. The van der Waals surface area contributed by atoms with Crippen LogP contribution in [0.25, 0.3) is 0 Å². The molecule has 144 valence electrons. The third kappa shape index (κ3) is 4.00. The van der Waals surface area contributed by atoms with Crippen LogP contribution in [0.4, 0.5) is 0 Å². The molecular weight excluding hydrogens is 382 g/mol. The number of likely N-dealkylation sites (N-methyl/N-ethyl adjacent to an activating group) is 1. The Balaban J connectivity index is 1.88. The lowest BCUT2D eigenvalue weighted by molar-refractivity contribution is 0.112. The third-order valence-corrected chi connectivity index (χ3v) is 6.68. The lowest BCUT2D eigenvalue weighted by atomic mass is 9.91. The molecule has 0 atom stereocenters. The highest BCUT2D eigenvalue weighted by atomic mass is 35.5. The van der Waals surface area contributed by atoms with Crippen molar-refractivity contribution in [2.75, 3.05) is 20.1 Å². The molecule has 0 unspecified atom stereocenters. The van der Waals surface area contributed by atoms with Crippen LogP contribution in [0.2, 0.25) is 5.02 Å². The molecule has 0 spiro atoms. The van der Waals surface area contributed by atoms with E-state index in [4.69, 9.17) is 23.1 Å². The van der Waals surface area contributed by atoms with Crippen LogP contribution in [-0.4, -0.2) is 47.7 Å². The van der Waals surface area contributed by atoms with Crippen molar-refractivity contribution in [3.8, 4) is 0 Å². The largest absolute Gasteiger partial charge is 0.383 e. The fourth-order valence-electron chi connectivity index (χ4n) is 3.07. The Hall–Kier alpha value is -1.96. The van der Waals surface area contributed by atoms with E-state index in [1.54, 1.807) is 12.1 Å². The van der Waals surface area contributed by atoms with Crippen molar-refractivity contribution in [2.24, 2.45) is 16.5 Å². The quantitative estimate of drug-likeness (QED) is 0.751. The summed E-state index contributed by atoms with van der Waals surface area (Å²) in [7, 11) is 1.92. The Morgan fingerprint density at radius 1 is 1.37 bits per heavy atom. The molecule has 2 aliphatic heterocycles. The summed E-state index contributed by atoms with van der Waals surface area (Å²) >= 11 is 7.69. The number of guanidine groups is 1. The van der Waals surface area contributed by atoms with Gasteiger partial charge in [0.1, 0.15) is 5.82 Å². The van der Waals surface area contributed by atoms with Gasteiger partial charge in [0.25, 0.3) is 0 Å². The molecule has 3 rings (SSSR count). The molecule has 1 fully saturated rings. The molecule has 2 heterocycles. The number of nitrogens with zero attached hydrogens (tertiary/aromatic N) is 3. The van der Waals surface area contributed by atoms with E-state index in [2.05, 4.69) is 23.4 Å². The van der Waals surface area contributed by atoms with E-state index in [0.29, 0.717) is 16.4 Å². The Labute approximate surface area is 168 Å². The number of nitrogens with two attached hydrogens (primary N) is 2. The summed E-state index contributed by atoms with van der Waals surface area (Å²) in [6, 6.07) is 5.31. The van der Waals surface area contributed by atoms with Crippen molar-refractivity contribution < 1.29 is 4.79 Å². The van der Waals surface area contributed by atoms with Gasteiger partial charge in [-0.1, -0.05) is 42.1 Å². The smallest absolute Gasteiger partial charge is 0.207 e. The van der Waals surface area contributed by atoms with Crippen LogP contribution in [0.1, 0.15) is 30.1 Å². The second-order valence-electron chi connectivity index (χ2n) is 7.15. The molecule has 0 radical (unpaired) electrons. The highest BCUT2D eigenvalue weighted by Gasteiger charge is 2.32. The summed E-state index contributed by atoms with van der Waals surface area (Å²) in [4.78, 5) is 21.3. The van der Waals surface area contributed by atoms with Crippen LogP contribution in [-0.2, 0) is 0 Å². The number of carbonyl (C=O) groups excluding carboxylic acids is 1. The molecule has 1 aromatic rings. The minimum Gasteiger partial charge on any atom is -0.383 e. The zero-order chi connectivity index (χ0) is 19.8. The van der Waals surface area contributed by atoms with Gasteiger partial charge in [-0.25, -0.2) is 0 Å². The molecule has 2 aliphatic rings. The maximum Gasteiger partial charge on any atom is 0.207 e. The Morgan fingerprint density at radius 2 is 2.04 bits per heavy atom. The van der Waals surface area contributed by atoms with Crippen molar-refractivity contribution in [1.29, 1.82) is 0 Å². The summed E-state index contributed by atoms with van der Waals surface area (Å²) in [5.74, 6) is 1.18. The molecule has 0 aliphatic carbocycles. The van der Waals surface area contributed by atoms with Crippen molar-refractivity contribution in [3.63, 3.8) is 0 Å². The number of carbonyl (C=O) groups is 1. The minimum absolute atomic E-state index is 0.135. The fourth-order valence-corrected chi connectivity index (χ4v) is 4.34. The summed E-state index contributed by atoms with van der Waals surface area (Å²) < 4.78 is 0. The van der Waals surface area contributed by atoms with E-state index in [-0.39, 0.29) is 5.54 Å². The number of thioether (sulfide) groups is 1. The van der Waals surface area contributed by atoms with E-state index in [1.165, 1.54) is 11.8 Å². The Kier molecular flexibility index (Phi) is 5.55. The van der Waals surface area contributed by atoms with Gasteiger partial charge in [-0.2, -0.15) is 4.99 Å². The molecular formula is C19H24ClN5OS. The van der Waals surface area contributed by atoms with Crippen LogP contribution in [0.3, 0.4) is 0 Å². The summed E-state index contributed by atoms with van der Waals surface area (Å²) in [6.45, 7) is 7.92. The average Bonchev–Trinajstić information content (AvgIpc) is 2.63. The summed E-state index contributed by atoms with van der Waals surface area (Å²) in [5.41, 5.74) is 13.6. The van der Waals surface area contributed by atoms with Gasteiger partial charge < -0.3 is 21.3 Å². The first-order chi connectivity index (χ1) is 12.7. The van der Waals surface area contributed by atoms with Gasteiger partial charge in [0.15, 0.2) is 6.29 Å². The lowest BCUT2D eigenvalue weighted by Gasteiger charge is -2.42. The zero-order valence-electron chi connectivity index (χ0n) is 15.5. The standard InChI is InChI=1S/C19H24ClN5OS/c1-12-16(27-14-6-4-5-13(11-26)15(14)20)17(21)23-18(24(12)3)25-9-7-19(2,22)8-10-25/h4-6,11H,1,7-10,21-22H2,2-3H3. The Bertz CT molecular complexity index is 839. The number of benzene rings is 1. The van der Waals surface area contributed by atoms with Crippen molar-refractivity contribution >= 4 is 35.6 Å². The van der Waals surface area contributed by atoms with E-state index in [9.17, 15) is 4.79 Å². The van der Waals surface area contributed by atoms with Crippen molar-refractivity contribution in [3.05, 3.63) is 51.8 Å². The number of halogens is 1. The summed E-state index contributed by atoms with van der Waals surface area (Å²) in [5, 5.41) is 0.404. The van der Waals surface area contributed by atoms with E-state index in [1.807, 2.05) is 18.0 Å². The molecule has 0 aromatic heterocycles. The fraction of sp³-hybridized carbons (Fsp3) is 0.368. The van der Waals surface area contributed by atoms with Crippen LogP contribution in [0.15, 0.2) is 51.1 Å². The van der Waals surface area contributed by atoms with Gasteiger partial charge in [-0.15, -0.1) is 0 Å². The van der Waals surface area contributed by atoms with Gasteiger partial charge in [-0.3, -0.25) is 4.79 Å². The first kappa shape index (κ1) is 19.8. The predicted molar refractivity (Wildman–Crippen MR) is 112 cm³/mol. The maximum atomic E-state index is 11.1. The van der Waals surface area contributed by atoms with Crippen LogP contribution in [0, 0.1) is 0 Å². The predicted octanol–water partition coefficient (Wildman–Crippen LogP) is 3.00. The van der Waals surface area contributed by atoms with Gasteiger partial charge in [0.2, 0.25) is 5.96 Å². The van der Waals surface area contributed by atoms with Crippen LogP contribution in [0.5, 0.6) is 0 Å². The van der Waals surface area contributed by atoms with Gasteiger partial charge in [-0.05, 0) is 25.8 Å². The zero-order valence-corrected chi connectivity index (χ0v) is 17.1. The second-order valence-corrected chi connectivity index (χ2v) is 8.58. The normalized spacial score (nSPS) is 20.0. The number of hydrogen-bond donors (Lipinski definition) is 2. The molecule has 4 N–H and O–H groups in total. The molecule has 0 bridgehead atoms. The minimum atomic E-state index is -0.135. The molecule has 6 nitrogen and oxygen atoms in total. The molecule has 1 saturated heterocycles. The van der Waals surface area contributed by atoms with Crippen LogP contribution < -0.4 is 11.5 Å². The monoisotopic (exact) mass is 405 g/mol. The second kappa shape index (κ2) is 7.58. The van der Waals surface area contributed by atoms with E-state index in [0.717, 1.165) is 53.7 Å². The number of likely N-dealkylation sites (tertiary alicyclic amines) is 1. The van der Waals surface area contributed by atoms with Gasteiger partial charge in [0, 0.05) is 36.1 Å². The first-order valence-corrected chi connectivity index (χ1v) is 9.90. The molecule has 0 saturated carbocycles. The molecule has 27 heavy (non-hydrogen) atoms. The summed E-state index contributed by atoms with van der Waals surface area (Å²) in [6.07, 6.45) is 2.53. The van der Waals surface area contributed by atoms with Gasteiger partial charge in [0.05, 0.1) is 15.6 Å². The van der Waals surface area contributed by atoms with E-state index >= 15 is 0 Å². The number of piperidine rings is 1. The van der Waals surface area contributed by atoms with Gasteiger partial charge >= 0.3 is 0 Å². The van der Waals surface area contributed by atoms with E-state index < -0.39 is 0 Å². The highest BCUT2D eigenvalue weighted by Crippen LogP contribution is 2.40. The number of aldehydes is 1. The third-order valence-electron chi connectivity index (χ3n) is 4.94. The molecule has 0 amide bonds. The molecule has 1 aromatic carbocycles. The number of aliphatic imine (C=N–C) groups is 1. The Morgan fingerprint density at radius 3 is 2.67 bits per heavy atom. The topological polar surface area (TPSA) is 88.0 Å². The highest BCUT2D eigenvalue weighted by molar-refractivity contribution is 8.03. The first-order valence-electron chi connectivity index (χ1n) is 8.70. The average molecular weight is 406 g/mol. The number of rotatable bonds is 3. The van der Waals surface area contributed by atoms with Crippen LogP contribution >= 0.6 is 23.4 Å². The lowest BCUT2D eigenvalue weighted by Crippen LogP contribution is -2.53. The van der Waals surface area contributed by atoms with Crippen molar-refractivity contribution in [2.45, 2.75) is 30.2 Å². The maximum absolute atomic E-state index is 11.1.